The van der Waals surface area contributed by atoms with E-state index >= 15 is 0 Å². The van der Waals surface area contributed by atoms with Gasteiger partial charge in [-0.15, -0.1) is 0 Å². The van der Waals surface area contributed by atoms with Gasteiger partial charge in [0.2, 0.25) is 0 Å². The van der Waals surface area contributed by atoms with E-state index in [0.29, 0.717) is 33.0 Å². The first kappa shape index (κ1) is 12.6. The first-order valence-electron chi connectivity index (χ1n) is 5.03. The minimum atomic E-state index is 0.0307. The van der Waals surface area contributed by atoms with E-state index in [-0.39, 0.29) is 5.75 Å². The van der Waals surface area contributed by atoms with E-state index in [0.717, 1.165) is 0 Å². The van der Waals surface area contributed by atoms with Crippen LogP contribution in [-0.4, -0.2) is 29.5 Å². The fourth-order valence-corrected chi connectivity index (χ4v) is 2.43. The second-order valence-corrected chi connectivity index (χ2v) is 4.32. The predicted octanol–water partition coefficient (Wildman–Crippen LogP) is 2.14. The minimum absolute atomic E-state index is 0.0307. The molecule has 2 aromatic rings. The summed E-state index contributed by atoms with van der Waals surface area (Å²) in [4.78, 5) is 0. The molecule has 0 bridgehead atoms. The predicted molar refractivity (Wildman–Crippen MR) is 70.9 cm³/mol. The lowest BCUT2D eigenvalue weighted by Crippen LogP contribution is -1.94. The maximum Gasteiger partial charge on any atom is 0.175 e. The number of anilines is 1. The largest absolute Gasteiger partial charge is 0.507 e. The number of H-pyrrole nitrogens is 1. The lowest BCUT2D eigenvalue weighted by atomic mass is 10.1. The van der Waals surface area contributed by atoms with Crippen LogP contribution in [0.1, 0.15) is 0 Å². The second kappa shape index (κ2) is 4.77. The fraction of sp³-hybridized carbons (Fsp3) is 0.182. The van der Waals surface area contributed by atoms with Crippen LogP contribution in [0.3, 0.4) is 0 Å². The molecule has 18 heavy (non-hydrogen) atoms. The van der Waals surface area contributed by atoms with Gasteiger partial charge >= 0.3 is 0 Å². The Bertz CT molecular complexity index is 583. The molecule has 1 heterocycles. The molecule has 0 aliphatic rings. The van der Waals surface area contributed by atoms with Crippen molar-refractivity contribution in [3.63, 3.8) is 0 Å². The number of rotatable bonds is 3. The Morgan fingerprint density at radius 1 is 1.33 bits per heavy atom. The number of nitrogens with one attached hydrogen (secondary N) is 1. The normalized spacial score (nSPS) is 10.4. The first-order valence-corrected chi connectivity index (χ1v) is 5.82. The summed E-state index contributed by atoms with van der Waals surface area (Å²) in [5.74, 6) is 1.28. The second-order valence-electron chi connectivity index (χ2n) is 3.53. The zero-order chi connectivity index (χ0) is 13.3. The number of phenolic OH excluding ortho intramolecular Hbond substituents is 1. The third kappa shape index (κ3) is 1.97. The summed E-state index contributed by atoms with van der Waals surface area (Å²) in [6.45, 7) is 0. The van der Waals surface area contributed by atoms with Crippen molar-refractivity contribution >= 4 is 21.7 Å². The summed E-state index contributed by atoms with van der Waals surface area (Å²) in [6, 6.07) is 3.09. The lowest BCUT2D eigenvalue weighted by molar-refractivity contribution is 0.350. The van der Waals surface area contributed by atoms with Gasteiger partial charge in [-0.05, 0) is 15.9 Å². The Balaban J connectivity index is 2.68. The van der Waals surface area contributed by atoms with Crippen molar-refractivity contribution in [1.29, 1.82) is 0 Å². The van der Waals surface area contributed by atoms with Crippen LogP contribution >= 0.6 is 15.9 Å². The molecule has 0 saturated carbocycles. The van der Waals surface area contributed by atoms with Crippen molar-refractivity contribution in [3.05, 3.63) is 16.6 Å². The van der Waals surface area contributed by atoms with E-state index in [9.17, 15) is 5.11 Å². The van der Waals surface area contributed by atoms with Crippen LogP contribution in [0.15, 0.2) is 16.6 Å². The molecular formula is C11H12BrN3O3. The topological polar surface area (TPSA) is 93.4 Å². The highest BCUT2D eigenvalue weighted by atomic mass is 79.9. The molecule has 96 valence electrons. The Kier molecular flexibility index (Phi) is 3.33. The van der Waals surface area contributed by atoms with Crippen LogP contribution in [0.25, 0.3) is 11.3 Å². The molecule has 1 aromatic carbocycles. The summed E-state index contributed by atoms with van der Waals surface area (Å²) in [5, 5.41) is 16.6. The van der Waals surface area contributed by atoms with E-state index in [1.807, 2.05) is 0 Å². The lowest BCUT2D eigenvalue weighted by Gasteiger charge is -2.13. The number of phenols is 1. The molecule has 0 unspecified atom stereocenters. The number of halogens is 1. The van der Waals surface area contributed by atoms with Gasteiger partial charge < -0.3 is 20.3 Å². The molecule has 0 saturated heterocycles. The van der Waals surface area contributed by atoms with Crippen molar-refractivity contribution in [2.45, 2.75) is 0 Å². The van der Waals surface area contributed by atoms with E-state index in [1.165, 1.54) is 20.3 Å². The number of aromatic amines is 1. The summed E-state index contributed by atoms with van der Waals surface area (Å²) in [5.41, 5.74) is 6.64. The Hall–Kier alpha value is -1.89. The molecule has 0 aliphatic heterocycles. The number of methoxy groups -OCH3 is 2. The van der Waals surface area contributed by atoms with Gasteiger partial charge in [0, 0.05) is 12.1 Å². The molecular weight excluding hydrogens is 302 g/mol. The zero-order valence-corrected chi connectivity index (χ0v) is 11.4. The summed E-state index contributed by atoms with van der Waals surface area (Å²) < 4.78 is 10.9. The zero-order valence-electron chi connectivity index (χ0n) is 9.82. The molecule has 0 amide bonds. The molecule has 0 aliphatic carbocycles. The quantitative estimate of drug-likeness (QED) is 0.807. The van der Waals surface area contributed by atoms with Gasteiger partial charge in [0.15, 0.2) is 11.5 Å². The van der Waals surface area contributed by atoms with Gasteiger partial charge in [-0.25, -0.2) is 0 Å². The standard InChI is InChI=1S/C11H12BrN3O3/c1-17-7-4-6(16)9(10(12)11(7)18-2)5-3-8(13)15-14-5/h3-4,16H,1-2H3,(H3,13,14,15). The molecule has 0 atom stereocenters. The number of benzene rings is 1. The SMILES string of the molecule is COc1cc(O)c(-c2cc(N)n[nH]2)c(Br)c1OC. The van der Waals surface area contributed by atoms with Crippen molar-refractivity contribution in [3.8, 4) is 28.5 Å². The van der Waals surface area contributed by atoms with Gasteiger partial charge in [-0.2, -0.15) is 5.10 Å². The van der Waals surface area contributed by atoms with E-state index < -0.39 is 0 Å². The van der Waals surface area contributed by atoms with Crippen molar-refractivity contribution in [2.24, 2.45) is 0 Å². The molecule has 0 fully saturated rings. The Labute approximate surface area is 112 Å². The molecule has 6 nitrogen and oxygen atoms in total. The Morgan fingerprint density at radius 3 is 2.56 bits per heavy atom. The van der Waals surface area contributed by atoms with Gasteiger partial charge in [0.05, 0.1) is 29.9 Å². The number of ether oxygens (including phenoxy) is 2. The number of nitrogens with zero attached hydrogens (tertiary/aromatic N) is 1. The van der Waals surface area contributed by atoms with Gasteiger partial charge in [-0.1, -0.05) is 0 Å². The molecule has 1 aromatic heterocycles. The summed E-state index contributed by atoms with van der Waals surface area (Å²) in [7, 11) is 3.02. The third-order valence-electron chi connectivity index (χ3n) is 2.46. The van der Waals surface area contributed by atoms with E-state index in [4.69, 9.17) is 15.2 Å². The van der Waals surface area contributed by atoms with Crippen molar-refractivity contribution in [1.82, 2.24) is 10.2 Å². The van der Waals surface area contributed by atoms with E-state index in [1.54, 1.807) is 6.07 Å². The maximum atomic E-state index is 10.0. The van der Waals surface area contributed by atoms with Crippen molar-refractivity contribution < 1.29 is 14.6 Å². The minimum Gasteiger partial charge on any atom is -0.507 e. The fourth-order valence-electron chi connectivity index (χ4n) is 1.66. The number of hydrogen-bond donors (Lipinski definition) is 3. The van der Waals surface area contributed by atoms with Gasteiger partial charge in [0.25, 0.3) is 0 Å². The highest BCUT2D eigenvalue weighted by Gasteiger charge is 2.20. The molecule has 0 radical (unpaired) electrons. The summed E-state index contributed by atoms with van der Waals surface area (Å²) >= 11 is 3.38. The van der Waals surface area contributed by atoms with E-state index in [2.05, 4.69) is 26.1 Å². The number of nitrogen functional groups attached to an aromatic ring is 1. The van der Waals surface area contributed by atoms with Crippen LogP contribution in [0.4, 0.5) is 5.82 Å². The first-order chi connectivity index (χ1) is 8.58. The average Bonchev–Trinajstić information content (AvgIpc) is 2.75. The number of aromatic nitrogens is 2. The van der Waals surface area contributed by atoms with Crippen LogP contribution in [-0.2, 0) is 0 Å². The highest BCUT2D eigenvalue weighted by Crippen LogP contribution is 2.46. The van der Waals surface area contributed by atoms with Crippen LogP contribution in [0, 0.1) is 0 Å². The van der Waals surface area contributed by atoms with Crippen LogP contribution in [0.2, 0.25) is 0 Å². The number of nitrogens with two attached hydrogens (primary N) is 1. The molecule has 4 N–H and O–H groups in total. The maximum absolute atomic E-state index is 10.0. The van der Waals surface area contributed by atoms with Crippen LogP contribution in [0.5, 0.6) is 17.2 Å². The average molecular weight is 314 g/mol. The monoisotopic (exact) mass is 313 g/mol. The Morgan fingerprint density at radius 2 is 2.06 bits per heavy atom. The van der Waals surface area contributed by atoms with Gasteiger partial charge in [-0.3, -0.25) is 5.10 Å². The molecule has 7 heteroatoms. The highest BCUT2D eigenvalue weighted by molar-refractivity contribution is 9.10. The third-order valence-corrected chi connectivity index (χ3v) is 3.21. The van der Waals surface area contributed by atoms with Gasteiger partial charge in [0.1, 0.15) is 11.6 Å². The van der Waals surface area contributed by atoms with Crippen molar-refractivity contribution in [2.75, 3.05) is 20.0 Å². The van der Waals surface area contributed by atoms with Crippen LogP contribution < -0.4 is 15.2 Å². The molecule has 2 rings (SSSR count). The molecule has 0 spiro atoms. The summed E-state index contributed by atoms with van der Waals surface area (Å²) in [6.07, 6.45) is 0. The number of hydrogen-bond acceptors (Lipinski definition) is 5. The number of aromatic hydroxyl groups is 1. The smallest absolute Gasteiger partial charge is 0.175 e.